The van der Waals surface area contributed by atoms with Crippen LogP contribution >= 0.6 is 0 Å². The molecule has 0 spiro atoms. The number of benzene rings is 1. The van der Waals surface area contributed by atoms with Crippen LogP contribution in [0.1, 0.15) is 5.56 Å². The fourth-order valence-electron chi connectivity index (χ4n) is 1.65. The van der Waals surface area contributed by atoms with Crippen LogP contribution in [0.15, 0.2) is 59.9 Å². The van der Waals surface area contributed by atoms with Crippen molar-refractivity contribution < 1.29 is 10.0 Å². The van der Waals surface area contributed by atoms with Crippen LogP contribution < -0.4 is 11.1 Å². The SMILES string of the molecule is N[C@@H](Cc1ccccc1)C(=O)N=c1ccn(O)cc1. The molecule has 2 aromatic rings. The molecule has 5 heteroatoms. The number of aromatic nitrogens is 1. The molecular formula is C14H15N3O2. The summed E-state index contributed by atoms with van der Waals surface area (Å²) in [5.41, 5.74) is 6.83. The lowest BCUT2D eigenvalue weighted by atomic mass is 10.1. The van der Waals surface area contributed by atoms with Gasteiger partial charge in [-0.2, -0.15) is 0 Å². The molecule has 0 saturated carbocycles. The zero-order chi connectivity index (χ0) is 13.7. The van der Waals surface area contributed by atoms with Gasteiger partial charge in [0.05, 0.1) is 11.4 Å². The average Bonchev–Trinajstić information content (AvgIpc) is 2.42. The predicted octanol–water partition coefficient (Wildman–Crippen LogP) is 0.723. The number of nitrogens with zero attached hydrogens (tertiary/aromatic N) is 2. The van der Waals surface area contributed by atoms with Gasteiger partial charge < -0.3 is 10.9 Å². The lowest BCUT2D eigenvalue weighted by Gasteiger charge is -2.06. The molecule has 1 atom stereocenters. The van der Waals surface area contributed by atoms with Crippen molar-refractivity contribution in [1.29, 1.82) is 0 Å². The molecule has 0 aliphatic rings. The van der Waals surface area contributed by atoms with Crippen molar-refractivity contribution in [3.63, 3.8) is 0 Å². The minimum Gasteiger partial charge on any atom is -0.429 e. The maximum Gasteiger partial charge on any atom is 0.263 e. The Hall–Kier alpha value is -2.40. The quantitative estimate of drug-likeness (QED) is 0.795. The predicted molar refractivity (Wildman–Crippen MR) is 70.3 cm³/mol. The Morgan fingerprint density at radius 2 is 1.84 bits per heavy atom. The first kappa shape index (κ1) is 13.0. The van der Waals surface area contributed by atoms with Crippen molar-refractivity contribution in [2.45, 2.75) is 12.5 Å². The van der Waals surface area contributed by atoms with Gasteiger partial charge in [-0.05, 0) is 24.1 Å². The third-order valence-electron chi connectivity index (χ3n) is 2.65. The summed E-state index contributed by atoms with van der Waals surface area (Å²) in [6.07, 6.45) is 3.25. The molecule has 1 aromatic carbocycles. The smallest absolute Gasteiger partial charge is 0.263 e. The summed E-state index contributed by atoms with van der Waals surface area (Å²) in [6.45, 7) is 0. The van der Waals surface area contributed by atoms with Crippen molar-refractivity contribution in [1.82, 2.24) is 4.73 Å². The van der Waals surface area contributed by atoms with Gasteiger partial charge in [-0.15, -0.1) is 0 Å². The van der Waals surface area contributed by atoms with Crippen molar-refractivity contribution in [3.05, 3.63) is 65.8 Å². The molecule has 3 N–H and O–H groups in total. The molecule has 98 valence electrons. The Morgan fingerprint density at radius 1 is 1.21 bits per heavy atom. The van der Waals surface area contributed by atoms with Gasteiger partial charge in [0.25, 0.3) is 5.91 Å². The van der Waals surface area contributed by atoms with E-state index in [0.29, 0.717) is 11.8 Å². The Morgan fingerprint density at radius 3 is 2.47 bits per heavy atom. The molecule has 0 bridgehead atoms. The Bertz CT molecular complexity index is 600. The summed E-state index contributed by atoms with van der Waals surface area (Å²) < 4.78 is 0.882. The number of pyridine rings is 1. The minimum atomic E-state index is -0.663. The van der Waals surface area contributed by atoms with Crippen molar-refractivity contribution >= 4 is 5.91 Å². The summed E-state index contributed by atoms with van der Waals surface area (Å²) in [6, 6.07) is 12.0. The van der Waals surface area contributed by atoms with E-state index in [4.69, 9.17) is 10.9 Å². The molecule has 1 heterocycles. The third kappa shape index (κ3) is 3.79. The lowest BCUT2D eigenvalue weighted by Crippen LogP contribution is -2.32. The fraction of sp³-hybridized carbons (Fsp3) is 0.143. The highest BCUT2D eigenvalue weighted by Gasteiger charge is 2.12. The minimum absolute atomic E-state index is 0.375. The van der Waals surface area contributed by atoms with Crippen LogP contribution in [0.25, 0.3) is 0 Å². The van der Waals surface area contributed by atoms with Gasteiger partial charge >= 0.3 is 0 Å². The standard InChI is InChI=1S/C14H15N3O2/c15-13(10-11-4-2-1-3-5-11)14(18)16-12-6-8-17(19)9-7-12/h1-9,13,19H,10,15H2/t13-/m0/s1. The van der Waals surface area contributed by atoms with E-state index in [-0.39, 0.29) is 5.91 Å². The highest BCUT2D eigenvalue weighted by molar-refractivity contribution is 5.82. The van der Waals surface area contributed by atoms with Gasteiger partial charge in [-0.3, -0.25) is 4.79 Å². The Balaban J connectivity index is 2.08. The van der Waals surface area contributed by atoms with E-state index in [0.717, 1.165) is 10.3 Å². The lowest BCUT2D eigenvalue weighted by molar-refractivity contribution is -0.119. The molecule has 0 saturated heterocycles. The zero-order valence-electron chi connectivity index (χ0n) is 10.3. The molecule has 0 aliphatic carbocycles. The number of hydrogen-bond acceptors (Lipinski definition) is 3. The summed E-state index contributed by atoms with van der Waals surface area (Å²) in [7, 11) is 0. The van der Waals surface area contributed by atoms with Gasteiger partial charge in [-0.25, -0.2) is 9.72 Å². The molecule has 1 amide bonds. The molecular weight excluding hydrogens is 242 g/mol. The van der Waals surface area contributed by atoms with E-state index in [9.17, 15) is 4.79 Å². The molecule has 0 radical (unpaired) electrons. The highest BCUT2D eigenvalue weighted by atomic mass is 16.5. The molecule has 19 heavy (non-hydrogen) atoms. The van der Waals surface area contributed by atoms with Gasteiger partial charge in [0.2, 0.25) is 0 Å². The molecule has 5 nitrogen and oxygen atoms in total. The second-order valence-corrected chi connectivity index (χ2v) is 4.18. The number of nitrogens with two attached hydrogens (primary N) is 1. The van der Waals surface area contributed by atoms with Gasteiger partial charge in [0.1, 0.15) is 0 Å². The highest BCUT2D eigenvalue weighted by Crippen LogP contribution is 2.02. The van der Waals surface area contributed by atoms with E-state index >= 15 is 0 Å². The van der Waals surface area contributed by atoms with Crippen molar-refractivity contribution in [2.24, 2.45) is 10.7 Å². The normalized spacial score (nSPS) is 11.8. The van der Waals surface area contributed by atoms with Crippen LogP contribution in [-0.2, 0) is 11.2 Å². The zero-order valence-corrected chi connectivity index (χ0v) is 10.3. The van der Waals surface area contributed by atoms with Gasteiger partial charge in [0.15, 0.2) is 0 Å². The maximum atomic E-state index is 11.8. The van der Waals surface area contributed by atoms with Crippen LogP contribution in [0.2, 0.25) is 0 Å². The number of carbonyl (C=O) groups excluding carboxylic acids is 1. The van der Waals surface area contributed by atoms with Crippen LogP contribution in [0, 0.1) is 0 Å². The number of hydrogen-bond donors (Lipinski definition) is 2. The van der Waals surface area contributed by atoms with E-state index in [1.54, 1.807) is 0 Å². The van der Waals surface area contributed by atoms with E-state index in [1.807, 2.05) is 30.3 Å². The molecule has 2 rings (SSSR count). The first-order chi connectivity index (χ1) is 9.15. The third-order valence-corrected chi connectivity index (χ3v) is 2.65. The van der Waals surface area contributed by atoms with E-state index in [2.05, 4.69) is 4.99 Å². The molecule has 1 aromatic heterocycles. The first-order valence-corrected chi connectivity index (χ1v) is 5.91. The average molecular weight is 257 g/mol. The Kier molecular flexibility index (Phi) is 4.10. The first-order valence-electron chi connectivity index (χ1n) is 5.91. The number of amides is 1. The van der Waals surface area contributed by atoms with Gasteiger partial charge in [0, 0.05) is 12.4 Å². The van der Waals surface area contributed by atoms with Crippen molar-refractivity contribution in [2.75, 3.05) is 0 Å². The number of carbonyl (C=O) groups is 1. The van der Waals surface area contributed by atoms with E-state index < -0.39 is 6.04 Å². The van der Waals surface area contributed by atoms with Crippen LogP contribution in [0.4, 0.5) is 0 Å². The Labute approximate surface area is 110 Å². The monoisotopic (exact) mass is 257 g/mol. The summed E-state index contributed by atoms with van der Waals surface area (Å²) in [5, 5.41) is 9.53. The van der Waals surface area contributed by atoms with Crippen molar-refractivity contribution in [3.8, 4) is 0 Å². The topological polar surface area (TPSA) is 80.6 Å². The molecule has 0 aliphatic heterocycles. The second-order valence-electron chi connectivity index (χ2n) is 4.18. The second kappa shape index (κ2) is 5.97. The maximum absolute atomic E-state index is 11.8. The van der Waals surface area contributed by atoms with Gasteiger partial charge in [-0.1, -0.05) is 30.3 Å². The van der Waals surface area contributed by atoms with Crippen LogP contribution in [-0.4, -0.2) is 21.9 Å². The van der Waals surface area contributed by atoms with E-state index in [1.165, 1.54) is 24.5 Å². The fourth-order valence-corrected chi connectivity index (χ4v) is 1.65. The summed E-state index contributed by atoms with van der Waals surface area (Å²) in [5.74, 6) is -0.375. The van der Waals surface area contributed by atoms with Crippen LogP contribution in [0.3, 0.4) is 0 Å². The summed E-state index contributed by atoms with van der Waals surface area (Å²) >= 11 is 0. The summed E-state index contributed by atoms with van der Waals surface area (Å²) in [4.78, 5) is 15.7. The molecule has 0 fully saturated rings. The largest absolute Gasteiger partial charge is 0.429 e. The molecule has 0 unspecified atom stereocenters. The van der Waals surface area contributed by atoms with Crippen LogP contribution in [0.5, 0.6) is 0 Å². The number of rotatable bonds is 3.